The van der Waals surface area contributed by atoms with Gasteiger partial charge in [-0.3, -0.25) is 0 Å². The summed E-state index contributed by atoms with van der Waals surface area (Å²) < 4.78 is 6.29. The van der Waals surface area contributed by atoms with Gasteiger partial charge in [-0.2, -0.15) is 4.98 Å². The van der Waals surface area contributed by atoms with E-state index in [1.54, 1.807) is 16.2 Å². The molecule has 7 heteroatoms. The summed E-state index contributed by atoms with van der Waals surface area (Å²) in [5, 5.41) is 7.90. The number of rotatable bonds is 4. The first-order valence-electron chi connectivity index (χ1n) is 5.82. The molecule has 0 bridgehead atoms. The van der Waals surface area contributed by atoms with E-state index in [1.165, 1.54) is 0 Å². The SMILES string of the molecule is CN(C)c1noc(CNc2nc3ccccc3s2)n1. The van der Waals surface area contributed by atoms with E-state index in [2.05, 4.69) is 26.5 Å². The van der Waals surface area contributed by atoms with Gasteiger partial charge in [0.2, 0.25) is 5.89 Å². The van der Waals surface area contributed by atoms with Crippen LogP contribution >= 0.6 is 11.3 Å². The summed E-state index contributed by atoms with van der Waals surface area (Å²) >= 11 is 1.61. The Morgan fingerprint density at radius 3 is 2.84 bits per heavy atom. The number of benzene rings is 1. The third-order valence-corrected chi connectivity index (χ3v) is 3.54. The maximum Gasteiger partial charge on any atom is 0.265 e. The normalized spacial score (nSPS) is 10.8. The third kappa shape index (κ3) is 2.50. The Hall–Kier alpha value is -2.15. The second-order valence-electron chi connectivity index (χ2n) is 4.22. The van der Waals surface area contributed by atoms with Crippen LogP contribution in [0.25, 0.3) is 10.2 Å². The Morgan fingerprint density at radius 1 is 1.26 bits per heavy atom. The lowest BCUT2D eigenvalue weighted by Gasteiger charge is -2.02. The van der Waals surface area contributed by atoms with Crippen molar-refractivity contribution in [1.29, 1.82) is 0 Å². The Kier molecular flexibility index (Phi) is 3.04. The van der Waals surface area contributed by atoms with Crippen LogP contribution in [0.2, 0.25) is 0 Å². The summed E-state index contributed by atoms with van der Waals surface area (Å²) in [6, 6.07) is 8.03. The van der Waals surface area contributed by atoms with Crippen molar-refractivity contribution in [1.82, 2.24) is 15.1 Å². The number of para-hydroxylation sites is 1. The van der Waals surface area contributed by atoms with E-state index in [-0.39, 0.29) is 0 Å². The van der Waals surface area contributed by atoms with Crippen molar-refractivity contribution in [2.24, 2.45) is 0 Å². The van der Waals surface area contributed by atoms with Gasteiger partial charge in [0.1, 0.15) is 0 Å². The third-order valence-electron chi connectivity index (χ3n) is 2.54. The number of hydrogen-bond donors (Lipinski definition) is 1. The molecule has 3 rings (SSSR count). The quantitative estimate of drug-likeness (QED) is 0.788. The topological polar surface area (TPSA) is 67.1 Å². The van der Waals surface area contributed by atoms with Crippen molar-refractivity contribution in [3.63, 3.8) is 0 Å². The van der Waals surface area contributed by atoms with Crippen LogP contribution < -0.4 is 10.2 Å². The summed E-state index contributed by atoms with van der Waals surface area (Å²) in [7, 11) is 3.74. The minimum absolute atomic E-state index is 0.473. The molecule has 0 saturated heterocycles. The van der Waals surface area contributed by atoms with Crippen molar-refractivity contribution in [3.05, 3.63) is 30.2 Å². The van der Waals surface area contributed by atoms with Gasteiger partial charge in [-0.15, -0.1) is 0 Å². The molecular formula is C12H13N5OS. The first-order valence-corrected chi connectivity index (χ1v) is 6.63. The molecule has 98 valence electrons. The van der Waals surface area contributed by atoms with E-state index in [4.69, 9.17) is 4.52 Å². The van der Waals surface area contributed by atoms with Gasteiger partial charge in [-0.25, -0.2) is 4.98 Å². The van der Waals surface area contributed by atoms with E-state index < -0.39 is 0 Å². The summed E-state index contributed by atoms with van der Waals surface area (Å²) in [5.74, 6) is 1.11. The lowest BCUT2D eigenvalue weighted by molar-refractivity contribution is 0.383. The maximum atomic E-state index is 5.13. The average Bonchev–Trinajstić information content (AvgIpc) is 3.02. The second kappa shape index (κ2) is 4.85. The van der Waals surface area contributed by atoms with Crippen LogP contribution in [0.3, 0.4) is 0 Å². The monoisotopic (exact) mass is 275 g/mol. The standard InChI is InChI=1S/C12H13N5OS/c1-17(2)11-15-10(18-16-11)7-13-12-14-8-5-3-4-6-9(8)19-12/h3-6H,7H2,1-2H3,(H,13,14). The highest BCUT2D eigenvalue weighted by Crippen LogP contribution is 2.25. The molecule has 0 atom stereocenters. The van der Waals surface area contributed by atoms with Gasteiger partial charge in [0.15, 0.2) is 5.13 Å². The predicted octanol–water partition coefficient (Wildman–Crippen LogP) is 2.36. The molecule has 0 unspecified atom stereocenters. The van der Waals surface area contributed by atoms with Crippen LogP contribution in [0.4, 0.5) is 11.1 Å². The average molecular weight is 275 g/mol. The highest BCUT2D eigenvalue weighted by molar-refractivity contribution is 7.22. The zero-order chi connectivity index (χ0) is 13.2. The molecule has 0 aliphatic rings. The minimum atomic E-state index is 0.473. The summed E-state index contributed by atoms with van der Waals surface area (Å²) in [6.45, 7) is 0.473. The molecule has 0 spiro atoms. The fourth-order valence-corrected chi connectivity index (χ4v) is 2.46. The van der Waals surface area contributed by atoms with E-state index in [0.29, 0.717) is 18.4 Å². The molecule has 0 saturated carbocycles. The lowest BCUT2D eigenvalue weighted by atomic mass is 10.3. The summed E-state index contributed by atoms with van der Waals surface area (Å²) in [5.41, 5.74) is 0.995. The minimum Gasteiger partial charge on any atom is -0.352 e. The number of nitrogens with one attached hydrogen (secondary N) is 1. The molecule has 0 fully saturated rings. The van der Waals surface area contributed by atoms with Gasteiger partial charge in [0.25, 0.3) is 5.95 Å². The highest BCUT2D eigenvalue weighted by atomic mass is 32.1. The van der Waals surface area contributed by atoms with Crippen LogP contribution in [0.1, 0.15) is 5.89 Å². The largest absolute Gasteiger partial charge is 0.352 e. The molecule has 2 aromatic heterocycles. The molecule has 0 amide bonds. The Morgan fingerprint density at radius 2 is 2.11 bits per heavy atom. The fraction of sp³-hybridized carbons (Fsp3) is 0.250. The molecule has 6 nitrogen and oxygen atoms in total. The predicted molar refractivity (Wildman–Crippen MR) is 75.6 cm³/mol. The van der Waals surface area contributed by atoms with Crippen LogP contribution in [0.5, 0.6) is 0 Å². The molecule has 0 aliphatic heterocycles. The van der Waals surface area contributed by atoms with Gasteiger partial charge < -0.3 is 14.7 Å². The molecule has 3 aromatic rings. The van der Waals surface area contributed by atoms with E-state index in [9.17, 15) is 0 Å². The van der Waals surface area contributed by atoms with E-state index in [1.807, 2.05) is 32.3 Å². The molecule has 0 radical (unpaired) electrons. The Labute approximate surface area is 114 Å². The maximum absolute atomic E-state index is 5.13. The molecular weight excluding hydrogens is 262 g/mol. The van der Waals surface area contributed by atoms with Crippen molar-refractivity contribution < 1.29 is 4.52 Å². The highest BCUT2D eigenvalue weighted by Gasteiger charge is 2.08. The lowest BCUT2D eigenvalue weighted by Crippen LogP contribution is -2.10. The zero-order valence-electron chi connectivity index (χ0n) is 10.6. The first-order chi connectivity index (χ1) is 9.22. The van der Waals surface area contributed by atoms with Crippen LogP contribution in [-0.2, 0) is 6.54 Å². The van der Waals surface area contributed by atoms with Crippen molar-refractivity contribution in [2.75, 3.05) is 24.3 Å². The fourth-order valence-electron chi connectivity index (χ4n) is 1.60. The zero-order valence-corrected chi connectivity index (χ0v) is 11.4. The first kappa shape index (κ1) is 11.9. The summed E-state index contributed by atoms with van der Waals surface area (Å²) in [6.07, 6.45) is 0. The number of anilines is 2. The van der Waals surface area contributed by atoms with Gasteiger partial charge in [-0.05, 0) is 17.3 Å². The Bertz CT molecular complexity index is 657. The molecule has 0 aliphatic carbocycles. The van der Waals surface area contributed by atoms with E-state index >= 15 is 0 Å². The van der Waals surface area contributed by atoms with Gasteiger partial charge in [0.05, 0.1) is 16.8 Å². The number of hydrogen-bond acceptors (Lipinski definition) is 7. The molecule has 1 N–H and O–H groups in total. The second-order valence-corrected chi connectivity index (χ2v) is 5.25. The van der Waals surface area contributed by atoms with Crippen molar-refractivity contribution in [2.45, 2.75) is 6.54 Å². The number of thiazole rings is 1. The Balaban J connectivity index is 1.71. The van der Waals surface area contributed by atoms with Gasteiger partial charge in [-0.1, -0.05) is 23.5 Å². The number of nitrogens with zero attached hydrogens (tertiary/aromatic N) is 4. The molecule has 1 aromatic carbocycles. The molecule has 19 heavy (non-hydrogen) atoms. The molecule has 2 heterocycles. The van der Waals surface area contributed by atoms with Gasteiger partial charge >= 0.3 is 0 Å². The van der Waals surface area contributed by atoms with Gasteiger partial charge in [0, 0.05) is 14.1 Å². The van der Waals surface area contributed by atoms with E-state index in [0.717, 1.165) is 15.3 Å². The van der Waals surface area contributed by atoms with Crippen LogP contribution in [0.15, 0.2) is 28.8 Å². The van der Waals surface area contributed by atoms with Crippen molar-refractivity contribution in [3.8, 4) is 0 Å². The summed E-state index contributed by atoms with van der Waals surface area (Å²) in [4.78, 5) is 10.5. The van der Waals surface area contributed by atoms with Crippen LogP contribution in [-0.4, -0.2) is 29.2 Å². The van der Waals surface area contributed by atoms with Crippen molar-refractivity contribution >= 4 is 32.6 Å². The smallest absolute Gasteiger partial charge is 0.265 e. The number of aromatic nitrogens is 3. The number of fused-ring (bicyclic) bond motifs is 1. The van der Waals surface area contributed by atoms with Crippen LogP contribution in [0, 0.1) is 0 Å².